The van der Waals surface area contributed by atoms with E-state index in [0.29, 0.717) is 21.1 Å². The predicted octanol–water partition coefficient (Wildman–Crippen LogP) is 5.60. The van der Waals surface area contributed by atoms with Crippen molar-refractivity contribution >= 4 is 61.3 Å². The highest BCUT2D eigenvalue weighted by molar-refractivity contribution is 7.93. The first kappa shape index (κ1) is 16.4. The van der Waals surface area contributed by atoms with E-state index in [1.54, 1.807) is 36.4 Å². The minimum atomic E-state index is -3.83. The van der Waals surface area contributed by atoms with E-state index < -0.39 is 10.0 Å². The zero-order valence-electron chi connectivity index (χ0n) is 11.6. The number of fused-ring (bicyclic) bond motifs is 1. The lowest BCUT2D eigenvalue weighted by Crippen LogP contribution is -2.13. The summed E-state index contributed by atoms with van der Waals surface area (Å²) in [7, 11) is -3.83. The van der Waals surface area contributed by atoms with Crippen LogP contribution in [-0.2, 0) is 10.0 Å². The van der Waals surface area contributed by atoms with Crippen molar-refractivity contribution in [1.82, 2.24) is 0 Å². The number of halogens is 3. The molecule has 3 nitrogen and oxygen atoms in total. The SMILES string of the molecule is O=S(=O)(Nc1ccc(Cl)c(Cl)c1)c1cccc2cccc(Cl)c12. The van der Waals surface area contributed by atoms with Crippen molar-refractivity contribution in [3.8, 4) is 0 Å². The molecule has 3 rings (SSSR count). The second kappa shape index (κ2) is 6.21. The summed E-state index contributed by atoms with van der Waals surface area (Å²) in [6, 6.07) is 14.7. The summed E-state index contributed by atoms with van der Waals surface area (Å²) in [6.07, 6.45) is 0. The van der Waals surface area contributed by atoms with Crippen molar-refractivity contribution in [1.29, 1.82) is 0 Å². The van der Waals surface area contributed by atoms with Crippen LogP contribution in [0, 0.1) is 0 Å². The first-order valence-electron chi connectivity index (χ1n) is 6.53. The molecule has 3 aromatic carbocycles. The van der Waals surface area contributed by atoms with Gasteiger partial charge in [-0.15, -0.1) is 0 Å². The molecular formula is C16H10Cl3NO2S. The van der Waals surface area contributed by atoms with Gasteiger partial charge in [0, 0.05) is 10.4 Å². The van der Waals surface area contributed by atoms with Crippen LogP contribution in [0.25, 0.3) is 10.8 Å². The van der Waals surface area contributed by atoms with Crippen LogP contribution >= 0.6 is 34.8 Å². The average Bonchev–Trinajstić information content (AvgIpc) is 2.50. The lowest BCUT2D eigenvalue weighted by Gasteiger charge is -2.12. The van der Waals surface area contributed by atoms with Crippen LogP contribution in [0.3, 0.4) is 0 Å². The van der Waals surface area contributed by atoms with E-state index in [0.717, 1.165) is 5.39 Å². The standard InChI is InChI=1S/C16H10Cl3NO2S/c17-12-8-7-11(9-14(12)19)20-23(21,22)15-6-2-4-10-3-1-5-13(18)16(10)15/h1-9,20H. The molecule has 0 amide bonds. The molecule has 0 saturated carbocycles. The zero-order chi connectivity index (χ0) is 16.6. The Labute approximate surface area is 148 Å². The van der Waals surface area contributed by atoms with E-state index in [2.05, 4.69) is 4.72 Å². The Morgan fingerprint density at radius 1 is 0.783 bits per heavy atom. The summed E-state index contributed by atoms with van der Waals surface area (Å²) in [4.78, 5) is 0.103. The van der Waals surface area contributed by atoms with Crippen LogP contribution in [0.15, 0.2) is 59.5 Å². The summed E-state index contributed by atoms with van der Waals surface area (Å²) in [6.45, 7) is 0. The molecule has 0 radical (unpaired) electrons. The summed E-state index contributed by atoms with van der Waals surface area (Å²) in [5.74, 6) is 0. The van der Waals surface area contributed by atoms with E-state index in [1.807, 2.05) is 0 Å². The highest BCUT2D eigenvalue weighted by atomic mass is 35.5. The fourth-order valence-corrected chi connectivity index (χ4v) is 4.20. The van der Waals surface area contributed by atoms with Gasteiger partial charge < -0.3 is 0 Å². The Balaban J connectivity index is 2.11. The van der Waals surface area contributed by atoms with Gasteiger partial charge in [-0.2, -0.15) is 0 Å². The first-order chi connectivity index (χ1) is 10.9. The molecule has 3 aromatic rings. The lowest BCUT2D eigenvalue weighted by molar-refractivity contribution is 0.602. The second-order valence-corrected chi connectivity index (χ2v) is 7.70. The van der Waals surface area contributed by atoms with Crippen molar-refractivity contribution in [3.05, 3.63) is 69.7 Å². The van der Waals surface area contributed by atoms with Gasteiger partial charge in [-0.25, -0.2) is 8.42 Å². The highest BCUT2D eigenvalue weighted by Gasteiger charge is 2.19. The molecule has 0 spiro atoms. The quantitative estimate of drug-likeness (QED) is 0.636. The van der Waals surface area contributed by atoms with Crippen LogP contribution in [0.4, 0.5) is 5.69 Å². The van der Waals surface area contributed by atoms with Gasteiger partial charge in [-0.3, -0.25) is 4.72 Å². The van der Waals surface area contributed by atoms with Gasteiger partial charge in [-0.05, 0) is 35.7 Å². The predicted molar refractivity (Wildman–Crippen MR) is 96.2 cm³/mol. The fourth-order valence-electron chi connectivity index (χ4n) is 2.26. The van der Waals surface area contributed by atoms with Crippen molar-refractivity contribution in [2.75, 3.05) is 4.72 Å². The third-order valence-electron chi connectivity index (χ3n) is 3.28. The average molecular weight is 387 g/mol. The molecule has 7 heteroatoms. The van der Waals surface area contributed by atoms with Gasteiger partial charge in [-0.1, -0.05) is 59.1 Å². The van der Waals surface area contributed by atoms with Gasteiger partial charge in [0.05, 0.1) is 20.6 Å². The van der Waals surface area contributed by atoms with Gasteiger partial charge in [0.15, 0.2) is 0 Å². The van der Waals surface area contributed by atoms with Gasteiger partial charge in [0.1, 0.15) is 0 Å². The van der Waals surface area contributed by atoms with Crippen molar-refractivity contribution < 1.29 is 8.42 Å². The molecule has 0 fully saturated rings. The van der Waals surface area contributed by atoms with E-state index in [1.165, 1.54) is 18.2 Å². The molecule has 0 saturated heterocycles. The molecular weight excluding hydrogens is 377 g/mol. The zero-order valence-corrected chi connectivity index (χ0v) is 14.6. The number of anilines is 1. The Morgan fingerprint density at radius 2 is 1.48 bits per heavy atom. The minimum Gasteiger partial charge on any atom is -0.280 e. The van der Waals surface area contributed by atoms with Crippen LogP contribution < -0.4 is 4.72 Å². The smallest absolute Gasteiger partial charge is 0.262 e. The van der Waals surface area contributed by atoms with Crippen molar-refractivity contribution in [2.24, 2.45) is 0 Å². The van der Waals surface area contributed by atoms with Gasteiger partial charge in [0.25, 0.3) is 10.0 Å². The number of hydrogen-bond donors (Lipinski definition) is 1. The number of sulfonamides is 1. The van der Waals surface area contributed by atoms with Crippen molar-refractivity contribution in [3.63, 3.8) is 0 Å². The summed E-state index contributed by atoms with van der Waals surface area (Å²) in [5.41, 5.74) is 0.323. The first-order valence-corrected chi connectivity index (χ1v) is 9.15. The Morgan fingerprint density at radius 3 is 2.17 bits per heavy atom. The number of hydrogen-bond acceptors (Lipinski definition) is 2. The number of nitrogens with one attached hydrogen (secondary N) is 1. The van der Waals surface area contributed by atoms with Crippen LogP contribution in [0.5, 0.6) is 0 Å². The molecule has 0 aliphatic rings. The molecule has 0 unspecified atom stereocenters. The van der Waals surface area contributed by atoms with E-state index >= 15 is 0 Å². The third kappa shape index (κ3) is 3.26. The summed E-state index contributed by atoms with van der Waals surface area (Å²) < 4.78 is 27.9. The fraction of sp³-hybridized carbons (Fsp3) is 0. The van der Waals surface area contributed by atoms with Gasteiger partial charge in [0.2, 0.25) is 0 Å². The molecule has 1 N–H and O–H groups in total. The monoisotopic (exact) mass is 385 g/mol. The topological polar surface area (TPSA) is 46.2 Å². The van der Waals surface area contributed by atoms with Crippen LogP contribution in [0.1, 0.15) is 0 Å². The molecule has 0 atom stereocenters. The Bertz CT molecular complexity index is 998. The van der Waals surface area contributed by atoms with Crippen LogP contribution in [-0.4, -0.2) is 8.42 Å². The molecule has 118 valence electrons. The third-order valence-corrected chi connectivity index (χ3v) is 5.75. The van der Waals surface area contributed by atoms with Gasteiger partial charge >= 0.3 is 0 Å². The van der Waals surface area contributed by atoms with Crippen LogP contribution in [0.2, 0.25) is 15.1 Å². The number of rotatable bonds is 3. The molecule has 23 heavy (non-hydrogen) atoms. The summed E-state index contributed by atoms with van der Waals surface area (Å²) >= 11 is 17.9. The van der Waals surface area contributed by atoms with E-state index in [-0.39, 0.29) is 9.92 Å². The minimum absolute atomic E-state index is 0.103. The highest BCUT2D eigenvalue weighted by Crippen LogP contribution is 2.32. The summed E-state index contributed by atoms with van der Waals surface area (Å²) in [5, 5.41) is 2.21. The normalized spacial score (nSPS) is 11.6. The maximum atomic E-state index is 12.7. The van der Waals surface area contributed by atoms with E-state index in [4.69, 9.17) is 34.8 Å². The Hall–Kier alpha value is -1.46. The maximum Gasteiger partial charge on any atom is 0.262 e. The molecule has 0 heterocycles. The molecule has 0 bridgehead atoms. The maximum absolute atomic E-state index is 12.7. The molecule has 0 aliphatic heterocycles. The lowest BCUT2D eigenvalue weighted by atomic mass is 10.1. The van der Waals surface area contributed by atoms with E-state index in [9.17, 15) is 8.42 Å². The molecule has 0 aliphatic carbocycles. The number of benzene rings is 3. The second-order valence-electron chi connectivity index (χ2n) is 4.83. The van der Waals surface area contributed by atoms with Crippen molar-refractivity contribution in [2.45, 2.75) is 4.90 Å². The largest absolute Gasteiger partial charge is 0.280 e. The Kier molecular flexibility index (Phi) is 4.43. The molecule has 0 aromatic heterocycles.